The molecule has 1 N–H and O–H groups in total. The number of amides is 2. The summed E-state index contributed by atoms with van der Waals surface area (Å²) in [6.45, 7) is 1.13. The van der Waals surface area contributed by atoms with Crippen LogP contribution in [0.5, 0.6) is 11.5 Å². The lowest BCUT2D eigenvalue weighted by Gasteiger charge is -2.12. The number of nitrogens with zero attached hydrogens (tertiary/aromatic N) is 1. The average molecular weight is 380 g/mol. The van der Waals surface area contributed by atoms with Crippen LogP contribution in [0.1, 0.15) is 15.9 Å². The zero-order valence-electron chi connectivity index (χ0n) is 15.7. The monoisotopic (exact) mass is 380 g/mol. The topological polar surface area (TPSA) is 77.1 Å². The van der Waals surface area contributed by atoms with Gasteiger partial charge in [0.1, 0.15) is 6.61 Å². The number of hydrogen-bond donors (Lipinski definition) is 1. The summed E-state index contributed by atoms with van der Waals surface area (Å²) >= 11 is 0. The van der Waals surface area contributed by atoms with Crippen LogP contribution in [0.4, 0.5) is 10.5 Å². The van der Waals surface area contributed by atoms with Crippen molar-refractivity contribution in [3.63, 3.8) is 0 Å². The highest BCUT2D eigenvalue weighted by atomic mass is 16.6. The van der Waals surface area contributed by atoms with Gasteiger partial charge >= 0.3 is 6.09 Å². The first-order chi connectivity index (χ1) is 13.6. The lowest BCUT2D eigenvalue weighted by molar-refractivity contribution is 0.0955. The second-order valence-electron chi connectivity index (χ2n) is 5.84. The summed E-state index contributed by atoms with van der Waals surface area (Å²) in [6, 6.07) is 12.4. The number of hydrogen-bond acceptors (Lipinski definition) is 5. The molecule has 1 fully saturated rings. The Kier molecular flexibility index (Phi) is 6.02. The standard InChI is InChI=1S/C21H20N2O5/c1-26-18-7-3-6-17(19(18)27-2)20(24)22-12-4-5-15-8-10-16(11-9-15)23-13-14-28-21(23)25/h3,6-11H,12-14H2,1-2H3,(H,22,24). The molecule has 1 heterocycles. The van der Waals surface area contributed by atoms with E-state index in [0.29, 0.717) is 30.2 Å². The molecule has 0 bridgehead atoms. The predicted molar refractivity (Wildman–Crippen MR) is 104 cm³/mol. The second kappa shape index (κ2) is 8.82. The van der Waals surface area contributed by atoms with Crippen molar-refractivity contribution in [3.8, 4) is 23.3 Å². The van der Waals surface area contributed by atoms with Crippen molar-refractivity contribution in [2.75, 3.05) is 38.8 Å². The van der Waals surface area contributed by atoms with Gasteiger partial charge in [-0.05, 0) is 36.4 Å². The number of rotatable bonds is 5. The fourth-order valence-corrected chi connectivity index (χ4v) is 2.78. The van der Waals surface area contributed by atoms with Gasteiger partial charge in [-0.25, -0.2) is 4.79 Å². The highest BCUT2D eigenvalue weighted by molar-refractivity contribution is 5.98. The number of nitrogens with one attached hydrogen (secondary N) is 1. The summed E-state index contributed by atoms with van der Waals surface area (Å²) in [6.07, 6.45) is -0.338. The molecule has 0 unspecified atom stereocenters. The molecule has 2 aromatic carbocycles. The van der Waals surface area contributed by atoms with Crippen molar-refractivity contribution < 1.29 is 23.8 Å². The number of benzene rings is 2. The van der Waals surface area contributed by atoms with Crippen molar-refractivity contribution in [1.82, 2.24) is 5.32 Å². The number of para-hydroxylation sites is 1. The van der Waals surface area contributed by atoms with E-state index in [9.17, 15) is 9.59 Å². The molecule has 144 valence electrons. The normalized spacial score (nSPS) is 12.6. The van der Waals surface area contributed by atoms with E-state index in [0.717, 1.165) is 11.3 Å². The molecule has 3 rings (SSSR count). The second-order valence-corrected chi connectivity index (χ2v) is 5.84. The maximum Gasteiger partial charge on any atom is 0.414 e. The fourth-order valence-electron chi connectivity index (χ4n) is 2.78. The van der Waals surface area contributed by atoms with Crippen LogP contribution >= 0.6 is 0 Å². The maximum absolute atomic E-state index is 12.4. The third-order valence-electron chi connectivity index (χ3n) is 4.16. The molecule has 7 heteroatoms. The first-order valence-corrected chi connectivity index (χ1v) is 8.66. The molecular weight excluding hydrogens is 360 g/mol. The van der Waals surface area contributed by atoms with Gasteiger partial charge in [-0.15, -0.1) is 0 Å². The van der Waals surface area contributed by atoms with Gasteiger partial charge in [-0.3, -0.25) is 9.69 Å². The molecular formula is C21H20N2O5. The SMILES string of the molecule is COc1cccc(C(=O)NCC#Cc2ccc(N3CCOC3=O)cc2)c1OC. The van der Waals surface area contributed by atoms with E-state index >= 15 is 0 Å². The van der Waals surface area contributed by atoms with Crippen LogP contribution in [-0.2, 0) is 4.74 Å². The van der Waals surface area contributed by atoms with Crippen LogP contribution in [0, 0.1) is 11.8 Å². The zero-order valence-corrected chi connectivity index (χ0v) is 15.7. The van der Waals surface area contributed by atoms with Crippen LogP contribution in [0.3, 0.4) is 0 Å². The highest BCUT2D eigenvalue weighted by Gasteiger charge is 2.23. The van der Waals surface area contributed by atoms with Gasteiger partial charge < -0.3 is 19.5 Å². The van der Waals surface area contributed by atoms with Crippen LogP contribution in [0.2, 0.25) is 0 Å². The summed E-state index contributed by atoms with van der Waals surface area (Å²) in [5.74, 6) is 6.46. The number of methoxy groups -OCH3 is 2. The number of cyclic esters (lactones) is 1. The van der Waals surface area contributed by atoms with E-state index in [1.54, 1.807) is 23.1 Å². The Labute approximate surface area is 163 Å². The highest BCUT2D eigenvalue weighted by Crippen LogP contribution is 2.30. The predicted octanol–water partition coefficient (Wildman–Crippen LogP) is 2.44. The van der Waals surface area contributed by atoms with E-state index in [1.807, 2.05) is 24.3 Å². The minimum absolute atomic E-state index is 0.180. The smallest absolute Gasteiger partial charge is 0.414 e. The largest absolute Gasteiger partial charge is 0.493 e. The van der Waals surface area contributed by atoms with Crippen molar-refractivity contribution in [1.29, 1.82) is 0 Å². The van der Waals surface area contributed by atoms with E-state index in [-0.39, 0.29) is 18.5 Å². The molecule has 1 aliphatic rings. The van der Waals surface area contributed by atoms with Gasteiger partial charge in [0.2, 0.25) is 0 Å². The minimum atomic E-state index is -0.338. The molecule has 0 spiro atoms. The Bertz CT molecular complexity index is 928. The average Bonchev–Trinajstić information content (AvgIpc) is 3.16. The molecule has 28 heavy (non-hydrogen) atoms. The van der Waals surface area contributed by atoms with E-state index in [4.69, 9.17) is 14.2 Å². The lowest BCUT2D eigenvalue weighted by atomic mass is 10.1. The van der Waals surface area contributed by atoms with E-state index in [2.05, 4.69) is 17.2 Å². The molecule has 0 aliphatic carbocycles. The van der Waals surface area contributed by atoms with Crippen molar-refractivity contribution >= 4 is 17.7 Å². The summed E-state index contributed by atoms with van der Waals surface area (Å²) in [5.41, 5.74) is 1.93. The zero-order chi connectivity index (χ0) is 19.9. The maximum atomic E-state index is 12.4. The van der Waals surface area contributed by atoms with E-state index in [1.165, 1.54) is 14.2 Å². The molecule has 0 saturated carbocycles. The van der Waals surface area contributed by atoms with E-state index < -0.39 is 0 Å². The van der Waals surface area contributed by atoms with Gasteiger partial charge in [0.05, 0.1) is 32.9 Å². The van der Waals surface area contributed by atoms with Crippen molar-refractivity contribution in [2.45, 2.75) is 0 Å². The lowest BCUT2D eigenvalue weighted by Crippen LogP contribution is -2.24. The number of carbonyl (C=O) groups excluding carboxylic acids is 2. The summed E-state index contributed by atoms with van der Waals surface area (Å²) in [7, 11) is 3.00. The molecule has 0 atom stereocenters. The first kappa shape index (κ1) is 19.1. The number of anilines is 1. The van der Waals surface area contributed by atoms with Crippen LogP contribution in [0.25, 0.3) is 0 Å². The van der Waals surface area contributed by atoms with Crippen molar-refractivity contribution in [3.05, 3.63) is 53.6 Å². The molecule has 7 nitrogen and oxygen atoms in total. The molecule has 1 saturated heterocycles. The van der Waals surface area contributed by atoms with Gasteiger partial charge in [0.25, 0.3) is 5.91 Å². The molecule has 2 aromatic rings. The Morgan fingerprint density at radius 2 is 1.96 bits per heavy atom. The van der Waals surface area contributed by atoms with Crippen LogP contribution in [-0.4, -0.2) is 45.9 Å². The minimum Gasteiger partial charge on any atom is -0.493 e. The quantitative estimate of drug-likeness (QED) is 0.807. The van der Waals surface area contributed by atoms with Crippen LogP contribution in [0.15, 0.2) is 42.5 Å². The van der Waals surface area contributed by atoms with Gasteiger partial charge in [0.15, 0.2) is 11.5 Å². The Morgan fingerprint density at radius 3 is 2.61 bits per heavy atom. The Morgan fingerprint density at radius 1 is 1.18 bits per heavy atom. The molecule has 0 aromatic heterocycles. The summed E-state index contributed by atoms with van der Waals surface area (Å²) < 4.78 is 15.4. The molecule has 1 aliphatic heterocycles. The third kappa shape index (κ3) is 4.18. The van der Waals surface area contributed by atoms with Gasteiger partial charge in [-0.1, -0.05) is 17.9 Å². The Balaban J connectivity index is 1.59. The molecule has 2 amide bonds. The summed E-state index contributed by atoms with van der Waals surface area (Å²) in [5, 5.41) is 2.74. The van der Waals surface area contributed by atoms with Gasteiger partial charge in [-0.2, -0.15) is 0 Å². The third-order valence-corrected chi connectivity index (χ3v) is 4.16. The van der Waals surface area contributed by atoms with Crippen molar-refractivity contribution in [2.24, 2.45) is 0 Å². The van der Waals surface area contributed by atoms with Gasteiger partial charge in [0, 0.05) is 11.3 Å². The fraction of sp³-hybridized carbons (Fsp3) is 0.238. The number of ether oxygens (including phenoxy) is 3. The Hall–Kier alpha value is -3.66. The van der Waals surface area contributed by atoms with Crippen LogP contribution < -0.4 is 19.7 Å². The summed E-state index contributed by atoms with van der Waals surface area (Å²) in [4.78, 5) is 25.5. The molecule has 0 radical (unpaired) electrons. The number of carbonyl (C=O) groups is 2. The first-order valence-electron chi connectivity index (χ1n) is 8.66.